The molecule has 4 rings (SSSR count). The second kappa shape index (κ2) is 16.9. The van der Waals surface area contributed by atoms with Gasteiger partial charge in [0.2, 0.25) is 5.91 Å². The van der Waals surface area contributed by atoms with Crippen LogP contribution in [0.5, 0.6) is 0 Å². The van der Waals surface area contributed by atoms with E-state index in [1.807, 2.05) is 13.8 Å². The summed E-state index contributed by atoms with van der Waals surface area (Å²) in [5, 5.41) is 0. The molecule has 2 amide bonds. The van der Waals surface area contributed by atoms with E-state index in [0.717, 1.165) is 6.29 Å². The molecule has 0 N–H and O–H groups in total. The van der Waals surface area contributed by atoms with E-state index < -0.39 is 35.8 Å². The largest absolute Gasteiger partial charge is 0.382 e. The monoisotopic (exact) mass is 704 g/mol. The molecule has 276 valence electrons. The van der Waals surface area contributed by atoms with E-state index in [0.29, 0.717) is 17.7 Å². The first-order chi connectivity index (χ1) is 23.8. The molecular weight excluding hydrogens is 656 g/mol. The van der Waals surface area contributed by atoms with Gasteiger partial charge in [-0.25, -0.2) is 9.59 Å². The number of nitrogens with zero attached hydrogens (tertiary/aromatic N) is 6. The SMILES string of the molecule is COCC1OC(n2cc(C)c(N(C)C(=O)CCOCC(=O)N(C)c3nc(=O)n(C4OC(CC=O)C(OC)C4C)cc3C)nc2=O)C(C)C1OC. The maximum Gasteiger partial charge on any atom is 0.351 e. The van der Waals surface area contributed by atoms with Crippen LogP contribution >= 0.6 is 0 Å². The summed E-state index contributed by atoms with van der Waals surface area (Å²) in [7, 11) is 7.66. The number of anilines is 2. The van der Waals surface area contributed by atoms with E-state index in [2.05, 4.69) is 9.97 Å². The van der Waals surface area contributed by atoms with Gasteiger partial charge in [0.1, 0.15) is 43.1 Å². The molecule has 4 heterocycles. The second-order valence-electron chi connectivity index (χ2n) is 12.7. The predicted molar refractivity (Wildman–Crippen MR) is 179 cm³/mol. The molecule has 2 aliphatic rings. The lowest BCUT2D eigenvalue weighted by Crippen LogP contribution is -2.37. The number of carbonyl (C=O) groups is 3. The van der Waals surface area contributed by atoms with Crippen LogP contribution in [0, 0.1) is 25.7 Å². The molecule has 0 aliphatic carbocycles. The highest BCUT2D eigenvalue weighted by Crippen LogP contribution is 2.37. The number of carbonyl (C=O) groups excluding carboxylic acids is 3. The Hall–Kier alpha value is -3.87. The molecule has 0 radical (unpaired) electrons. The zero-order valence-corrected chi connectivity index (χ0v) is 30.1. The van der Waals surface area contributed by atoms with Crippen molar-refractivity contribution in [3.05, 3.63) is 44.5 Å². The van der Waals surface area contributed by atoms with Crippen LogP contribution in [-0.2, 0) is 42.8 Å². The van der Waals surface area contributed by atoms with Crippen LogP contribution in [0.4, 0.5) is 11.6 Å². The molecular formula is C33H48N6O11. The molecule has 17 heteroatoms. The van der Waals surface area contributed by atoms with Gasteiger partial charge in [-0.15, -0.1) is 0 Å². The maximum absolute atomic E-state index is 13.1. The zero-order chi connectivity index (χ0) is 36.9. The normalized spacial score (nSPS) is 26.3. The lowest BCUT2D eigenvalue weighted by atomic mass is 10.0. The number of hydrogen-bond donors (Lipinski definition) is 0. The number of ether oxygens (including phenoxy) is 6. The Morgan fingerprint density at radius 2 is 1.32 bits per heavy atom. The summed E-state index contributed by atoms with van der Waals surface area (Å²) in [6, 6.07) is 0. The van der Waals surface area contributed by atoms with E-state index in [-0.39, 0.29) is 73.7 Å². The third kappa shape index (κ3) is 8.03. The summed E-state index contributed by atoms with van der Waals surface area (Å²) in [5.74, 6) is -0.916. The smallest absolute Gasteiger partial charge is 0.351 e. The number of amides is 2. The van der Waals surface area contributed by atoms with Gasteiger partial charge >= 0.3 is 11.4 Å². The number of hydrogen-bond acceptors (Lipinski definition) is 13. The highest BCUT2D eigenvalue weighted by atomic mass is 16.6. The van der Waals surface area contributed by atoms with Gasteiger partial charge < -0.3 is 33.2 Å². The van der Waals surface area contributed by atoms with Gasteiger partial charge in [0.15, 0.2) is 0 Å². The molecule has 0 bridgehead atoms. The first kappa shape index (κ1) is 38.9. The Morgan fingerprint density at radius 1 is 0.840 bits per heavy atom. The van der Waals surface area contributed by atoms with Gasteiger partial charge in [-0.1, -0.05) is 13.8 Å². The van der Waals surface area contributed by atoms with Crippen LogP contribution in [0.2, 0.25) is 0 Å². The van der Waals surface area contributed by atoms with E-state index in [1.165, 1.54) is 40.1 Å². The third-order valence-corrected chi connectivity index (χ3v) is 9.33. The van der Waals surface area contributed by atoms with Crippen LogP contribution in [0.1, 0.15) is 50.3 Å². The Morgan fingerprint density at radius 3 is 1.80 bits per heavy atom. The molecule has 0 spiro atoms. The minimum atomic E-state index is -0.698. The molecule has 17 nitrogen and oxygen atoms in total. The minimum Gasteiger partial charge on any atom is -0.382 e. The average molecular weight is 705 g/mol. The van der Waals surface area contributed by atoms with Crippen molar-refractivity contribution in [2.24, 2.45) is 11.8 Å². The van der Waals surface area contributed by atoms with Crippen molar-refractivity contribution >= 4 is 29.7 Å². The van der Waals surface area contributed by atoms with Crippen molar-refractivity contribution in [2.75, 3.05) is 65.0 Å². The van der Waals surface area contributed by atoms with Crippen molar-refractivity contribution < 1.29 is 42.8 Å². The number of aryl methyl sites for hydroxylation is 2. The van der Waals surface area contributed by atoms with Crippen molar-refractivity contribution in [2.45, 2.75) is 77.4 Å². The average Bonchev–Trinajstić information content (AvgIpc) is 3.57. The highest BCUT2D eigenvalue weighted by molar-refractivity contribution is 5.94. The summed E-state index contributed by atoms with van der Waals surface area (Å²) in [4.78, 5) is 74.0. The van der Waals surface area contributed by atoms with Crippen LogP contribution < -0.4 is 21.2 Å². The number of methoxy groups -OCH3 is 3. The minimum absolute atomic E-state index is 0.0842. The molecule has 2 aromatic heterocycles. The van der Waals surface area contributed by atoms with E-state index in [4.69, 9.17) is 28.4 Å². The van der Waals surface area contributed by atoms with Crippen LogP contribution in [-0.4, -0.2) is 117 Å². The predicted octanol–water partition coefficient (Wildman–Crippen LogP) is 0.782. The Labute approximate surface area is 290 Å². The van der Waals surface area contributed by atoms with Crippen molar-refractivity contribution in [3.8, 4) is 0 Å². The van der Waals surface area contributed by atoms with Crippen molar-refractivity contribution in [3.63, 3.8) is 0 Å². The summed E-state index contributed by atoms with van der Waals surface area (Å²) in [5.41, 5.74) is -0.0957. The summed E-state index contributed by atoms with van der Waals surface area (Å²) < 4.78 is 36.7. The Kier molecular flexibility index (Phi) is 13.2. The van der Waals surface area contributed by atoms with Gasteiger partial charge in [-0.3, -0.25) is 28.5 Å². The Balaban J connectivity index is 1.33. The molecule has 2 fully saturated rings. The second-order valence-corrected chi connectivity index (χ2v) is 12.7. The molecule has 2 saturated heterocycles. The number of rotatable bonds is 15. The molecule has 8 atom stereocenters. The molecule has 50 heavy (non-hydrogen) atoms. The molecule has 2 aliphatic heterocycles. The van der Waals surface area contributed by atoms with Crippen molar-refractivity contribution in [1.29, 1.82) is 0 Å². The van der Waals surface area contributed by atoms with E-state index in [9.17, 15) is 24.0 Å². The van der Waals surface area contributed by atoms with Gasteiger partial charge in [0, 0.05) is 77.2 Å². The molecule has 0 aromatic carbocycles. The first-order valence-corrected chi connectivity index (χ1v) is 16.4. The van der Waals surface area contributed by atoms with Gasteiger partial charge in [0.05, 0.1) is 37.9 Å². The third-order valence-electron chi connectivity index (χ3n) is 9.33. The molecule has 0 saturated carbocycles. The van der Waals surface area contributed by atoms with Crippen LogP contribution in [0.15, 0.2) is 22.0 Å². The first-order valence-electron chi connectivity index (χ1n) is 16.4. The standard InChI is InChI=1S/C33H48N6O11/c1-18-14-39(31-21(4)27(47-9)23(50-31)16-45-7)32(43)34-28(18)36(5)24(41)11-13-48-17-25(42)37(6)29-19(2)15-38(33(44)35-29)30-20(3)26(46-8)22(49-30)10-12-40/h12,14-15,20-23,26-27,30-31H,10-11,13,16-17H2,1-9H3. The molecule has 8 unspecified atom stereocenters. The fraction of sp³-hybridized carbons (Fsp3) is 0.667. The zero-order valence-electron chi connectivity index (χ0n) is 30.1. The van der Waals surface area contributed by atoms with Crippen LogP contribution in [0.25, 0.3) is 0 Å². The number of aromatic nitrogens is 4. The van der Waals surface area contributed by atoms with Gasteiger partial charge in [0.25, 0.3) is 5.91 Å². The lowest BCUT2D eigenvalue weighted by molar-refractivity contribution is -0.125. The quantitative estimate of drug-likeness (QED) is 0.188. The summed E-state index contributed by atoms with van der Waals surface area (Å²) in [6.45, 7) is 7.09. The molecule has 2 aromatic rings. The van der Waals surface area contributed by atoms with Crippen LogP contribution in [0.3, 0.4) is 0 Å². The van der Waals surface area contributed by atoms with E-state index >= 15 is 0 Å². The summed E-state index contributed by atoms with van der Waals surface area (Å²) >= 11 is 0. The maximum atomic E-state index is 13.1. The van der Waals surface area contributed by atoms with E-state index in [1.54, 1.807) is 40.5 Å². The van der Waals surface area contributed by atoms with Crippen molar-refractivity contribution in [1.82, 2.24) is 19.1 Å². The fourth-order valence-electron chi connectivity index (χ4n) is 6.70. The van der Waals surface area contributed by atoms with Gasteiger partial charge in [-0.2, -0.15) is 9.97 Å². The summed E-state index contributed by atoms with van der Waals surface area (Å²) in [6.07, 6.45) is 1.13. The lowest BCUT2D eigenvalue weighted by Gasteiger charge is -2.23. The van der Waals surface area contributed by atoms with Gasteiger partial charge in [-0.05, 0) is 13.8 Å². The number of likely N-dealkylation sites (N-methyl/N-ethyl adjacent to an activating group) is 1. The fourth-order valence-corrected chi connectivity index (χ4v) is 6.70. The topological polar surface area (TPSA) is 183 Å². The Bertz CT molecular complexity index is 1650. The highest BCUT2D eigenvalue weighted by Gasteiger charge is 2.45. The number of aldehydes is 1.